The van der Waals surface area contributed by atoms with Gasteiger partial charge in [0.15, 0.2) is 0 Å². The van der Waals surface area contributed by atoms with Gasteiger partial charge in [0, 0.05) is 44.5 Å². The first-order valence-corrected chi connectivity index (χ1v) is 11.1. The molecule has 0 radical (unpaired) electrons. The highest BCUT2D eigenvalue weighted by Gasteiger charge is 2.32. The topological polar surface area (TPSA) is 91.3 Å². The molecule has 0 aliphatic carbocycles. The van der Waals surface area contributed by atoms with E-state index in [0.29, 0.717) is 32.0 Å². The Balaban J connectivity index is 1.67. The summed E-state index contributed by atoms with van der Waals surface area (Å²) in [5, 5.41) is 3.22. The van der Waals surface area contributed by atoms with E-state index in [-0.39, 0.29) is 5.92 Å². The molecule has 152 valence electrons. The fourth-order valence-electron chi connectivity index (χ4n) is 3.47. The Hall–Kier alpha value is -2.10. The monoisotopic (exact) mass is 404 g/mol. The molecule has 3 rings (SSSR count). The molecule has 0 unspecified atom stereocenters. The van der Waals surface area contributed by atoms with Gasteiger partial charge < -0.3 is 5.32 Å². The fourth-order valence-corrected chi connectivity index (χ4v) is 5.12. The first-order valence-electron chi connectivity index (χ1n) is 9.71. The van der Waals surface area contributed by atoms with Crippen molar-refractivity contribution in [3.8, 4) is 0 Å². The van der Waals surface area contributed by atoms with Crippen LogP contribution < -0.4 is 5.32 Å². The summed E-state index contributed by atoms with van der Waals surface area (Å²) >= 11 is 0. The smallest absolute Gasteiger partial charge is 0.281 e. The van der Waals surface area contributed by atoms with Crippen LogP contribution in [0.3, 0.4) is 0 Å². The minimum absolute atomic E-state index is 0.197. The lowest BCUT2D eigenvalue weighted by atomic mass is 9.95. The third-order valence-electron chi connectivity index (χ3n) is 5.14. The van der Waals surface area contributed by atoms with E-state index in [1.54, 1.807) is 22.9 Å². The molecule has 2 aromatic heterocycles. The molecule has 1 aliphatic rings. The van der Waals surface area contributed by atoms with Crippen LogP contribution in [0.2, 0.25) is 0 Å². The molecule has 3 heterocycles. The number of nitrogens with zero attached hydrogens (tertiary/aromatic N) is 5. The van der Waals surface area contributed by atoms with Crippen LogP contribution in [0, 0.1) is 6.92 Å². The van der Waals surface area contributed by atoms with E-state index >= 15 is 0 Å². The first-order chi connectivity index (χ1) is 13.5. The van der Waals surface area contributed by atoms with Crippen molar-refractivity contribution in [1.29, 1.82) is 0 Å². The molecule has 2 aromatic rings. The van der Waals surface area contributed by atoms with Gasteiger partial charge in [0.1, 0.15) is 11.6 Å². The lowest BCUT2D eigenvalue weighted by Crippen LogP contribution is -2.46. The summed E-state index contributed by atoms with van der Waals surface area (Å²) in [7, 11) is -3.37. The minimum atomic E-state index is -3.37. The predicted molar refractivity (Wildman–Crippen MR) is 110 cm³/mol. The normalized spacial score (nSPS) is 16.4. The maximum absolute atomic E-state index is 12.7. The number of pyridine rings is 1. The number of rotatable bonds is 7. The van der Waals surface area contributed by atoms with Gasteiger partial charge in [-0.05, 0) is 31.4 Å². The largest absolute Gasteiger partial charge is 0.323 e. The van der Waals surface area contributed by atoms with Gasteiger partial charge in [-0.2, -0.15) is 17.0 Å². The van der Waals surface area contributed by atoms with Gasteiger partial charge in [-0.1, -0.05) is 19.9 Å². The van der Waals surface area contributed by atoms with Gasteiger partial charge >= 0.3 is 0 Å². The van der Waals surface area contributed by atoms with Crippen LogP contribution in [0.1, 0.15) is 43.9 Å². The summed E-state index contributed by atoms with van der Waals surface area (Å²) in [5.41, 5.74) is 1.92. The molecule has 0 saturated carbocycles. The molecular formula is C19H28N6O2S. The Kier molecular flexibility index (Phi) is 6.58. The molecule has 0 aromatic carbocycles. The number of hydrogen-bond donors (Lipinski definition) is 1. The van der Waals surface area contributed by atoms with Gasteiger partial charge in [0.25, 0.3) is 10.2 Å². The summed E-state index contributed by atoms with van der Waals surface area (Å²) in [6.07, 6.45) is 6.66. The molecule has 28 heavy (non-hydrogen) atoms. The summed E-state index contributed by atoms with van der Waals surface area (Å²) in [6.45, 7) is 7.70. The molecule has 1 aliphatic heterocycles. The Morgan fingerprint density at radius 1 is 1.21 bits per heavy atom. The molecule has 0 spiro atoms. The molecule has 0 bridgehead atoms. The van der Waals surface area contributed by atoms with Crippen LogP contribution >= 0.6 is 0 Å². The zero-order valence-corrected chi connectivity index (χ0v) is 17.5. The summed E-state index contributed by atoms with van der Waals surface area (Å²) < 4.78 is 28.5. The average Bonchev–Trinajstić information content (AvgIpc) is 2.71. The summed E-state index contributed by atoms with van der Waals surface area (Å²) in [4.78, 5) is 13.3. The lowest BCUT2D eigenvalue weighted by molar-refractivity contribution is 0.289. The molecule has 0 atom stereocenters. The van der Waals surface area contributed by atoms with E-state index in [9.17, 15) is 8.42 Å². The van der Waals surface area contributed by atoms with Crippen molar-refractivity contribution in [2.75, 3.05) is 31.5 Å². The highest BCUT2D eigenvalue weighted by Crippen LogP contribution is 2.29. The molecule has 1 N–H and O–H groups in total. The van der Waals surface area contributed by atoms with Crippen LogP contribution in [0.5, 0.6) is 0 Å². The lowest BCUT2D eigenvalue weighted by Gasteiger charge is -2.34. The van der Waals surface area contributed by atoms with E-state index in [4.69, 9.17) is 4.98 Å². The van der Waals surface area contributed by atoms with Gasteiger partial charge in [0.05, 0.1) is 11.9 Å². The standard InChI is InChI=1S/C19H28N6O2S/c1-4-24(5-2)28(26,27)25-11-8-16(9-12-25)17-13-20-14-18(22-17)23-19-15(3)7-6-10-21-19/h6-7,10,13-14,16H,4-5,8-9,11-12H2,1-3H3,(H,21,22,23). The van der Waals surface area contributed by atoms with Crippen molar-refractivity contribution >= 4 is 21.8 Å². The van der Waals surface area contributed by atoms with Crippen molar-refractivity contribution in [3.63, 3.8) is 0 Å². The third kappa shape index (κ3) is 4.48. The maximum Gasteiger partial charge on any atom is 0.281 e. The first kappa shape index (κ1) is 20.6. The molecule has 1 saturated heterocycles. The van der Waals surface area contributed by atoms with Gasteiger partial charge in [-0.3, -0.25) is 4.98 Å². The van der Waals surface area contributed by atoms with E-state index < -0.39 is 10.2 Å². The molecular weight excluding hydrogens is 376 g/mol. The van der Waals surface area contributed by atoms with Crippen LogP contribution in [0.15, 0.2) is 30.7 Å². The highest BCUT2D eigenvalue weighted by molar-refractivity contribution is 7.86. The third-order valence-corrected chi connectivity index (χ3v) is 7.33. The highest BCUT2D eigenvalue weighted by atomic mass is 32.2. The number of anilines is 2. The van der Waals surface area contributed by atoms with Crippen molar-refractivity contribution < 1.29 is 8.42 Å². The van der Waals surface area contributed by atoms with Crippen molar-refractivity contribution in [3.05, 3.63) is 42.0 Å². The van der Waals surface area contributed by atoms with Crippen LogP contribution in [-0.2, 0) is 10.2 Å². The van der Waals surface area contributed by atoms with Crippen molar-refractivity contribution in [1.82, 2.24) is 23.6 Å². The number of aryl methyl sites for hydroxylation is 1. The zero-order valence-electron chi connectivity index (χ0n) is 16.7. The molecule has 8 nitrogen and oxygen atoms in total. The van der Waals surface area contributed by atoms with Gasteiger partial charge in [0.2, 0.25) is 0 Å². The van der Waals surface area contributed by atoms with Crippen molar-refractivity contribution in [2.24, 2.45) is 0 Å². The number of piperidine rings is 1. The second-order valence-corrected chi connectivity index (χ2v) is 8.82. The molecule has 0 amide bonds. The Morgan fingerprint density at radius 2 is 1.93 bits per heavy atom. The van der Waals surface area contributed by atoms with E-state index in [1.807, 2.05) is 32.9 Å². The quantitative estimate of drug-likeness (QED) is 0.763. The average molecular weight is 405 g/mol. The number of aromatic nitrogens is 3. The fraction of sp³-hybridized carbons (Fsp3) is 0.526. The van der Waals surface area contributed by atoms with Crippen molar-refractivity contribution in [2.45, 2.75) is 39.5 Å². The second kappa shape index (κ2) is 8.93. The minimum Gasteiger partial charge on any atom is -0.323 e. The van der Waals surface area contributed by atoms with Crippen LogP contribution in [0.4, 0.5) is 11.6 Å². The van der Waals surface area contributed by atoms with Gasteiger partial charge in [-0.25, -0.2) is 9.97 Å². The Bertz CT molecular complexity index is 893. The summed E-state index contributed by atoms with van der Waals surface area (Å²) in [5.74, 6) is 1.61. The van der Waals surface area contributed by atoms with Gasteiger partial charge in [-0.15, -0.1) is 0 Å². The van der Waals surface area contributed by atoms with Crippen LogP contribution in [0.25, 0.3) is 0 Å². The zero-order chi connectivity index (χ0) is 20.1. The Labute approximate surface area is 167 Å². The SMILES string of the molecule is CCN(CC)S(=O)(=O)N1CCC(c2cncc(Nc3ncccc3C)n2)CC1. The summed E-state index contributed by atoms with van der Waals surface area (Å²) in [6, 6.07) is 3.88. The number of nitrogens with one attached hydrogen (secondary N) is 1. The Morgan fingerprint density at radius 3 is 2.57 bits per heavy atom. The number of hydrogen-bond acceptors (Lipinski definition) is 6. The van der Waals surface area contributed by atoms with E-state index in [1.165, 1.54) is 4.31 Å². The second-order valence-electron chi connectivity index (χ2n) is 6.89. The molecule has 1 fully saturated rings. The molecule has 9 heteroatoms. The van der Waals surface area contributed by atoms with E-state index in [0.717, 1.165) is 29.9 Å². The van der Waals surface area contributed by atoms with E-state index in [2.05, 4.69) is 15.3 Å². The maximum atomic E-state index is 12.7. The predicted octanol–water partition coefficient (Wildman–Crippen LogP) is 2.69. The van der Waals surface area contributed by atoms with Crippen LogP contribution in [-0.4, -0.2) is 58.2 Å².